The maximum atomic E-state index is 8.35. The minimum absolute atomic E-state index is 0.513. The van der Waals surface area contributed by atoms with Gasteiger partial charge in [-0.1, -0.05) is 11.3 Å². The Bertz CT molecular complexity index is 241. The van der Waals surface area contributed by atoms with E-state index in [1.54, 1.807) is 0 Å². The van der Waals surface area contributed by atoms with Gasteiger partial charge in [0.15, 0.2) is 5.01 Å². The van der Waals surface area contributed by atoms with Gasteiger partial charge in [0.1, 0.15) is 6.07 Å². The third-order valence-electron chi connectivity index (χ3n) is 0.836. The first kappa shape index (κ1) is 6.72. The number of hydrogen-bond donors (Lipinski definition) is 0. The average Bonchev–Trinajstić information content (AvgIpc) is 2.13. The molecule has 0 saturated carbocycles. The smallest absolute Gasteiger partial charge is 0.195 e. The van der Waals surface area contributed by atoms with Crippen LogP contribution in [0.2, 0.25) is 0 Å². The molecule has 0 unspecified atom stereocenters. The van der Waals surface area contributed by atoms with E-state index in [2.05, 4.69) is 20.9 Å². The molecule has 46 valence electrons. The summed E-state index contributed by atoms with van der Waals surface area (Å²) >= 11 is 4.62. The van der Waals surface area contributed by atoms with Gasteiger partial charge in [-0.05, 0) is 22.9 Å². The van der Waals surface area contributed by atoms with Crippen LogP contribution in [0.1, 0.15) is 10.7 Å². The first-order valence-electron chi connectivity index (χ1n) is 2.27. The molecule has 0 radical (unpaired) electrons. The molecule has 4 heteroatoms. The van der Waals surface area contributed by atoms with Gasteiger partial charge in [0.2, 0.25) is 0 Å². The van der Waals surface area contributed by atoms with Gasteiger partial charge in [0.05, 0.1) is 9.48 Å². The fourth-order valence-electron chi connectivity index (χ4n) is 0.426. The van der Waals surface area contributed by atoms with Gasteiger partial charge >= 0.3 is 0 Å². The summed E-state index contributed by atoms with van der Waals surface area (Å²) in [6, 6.07) is 1.97. The molecule has 1 aromatic heterocycles. The van der Waals surface area contributed by atoms with Crippen molar-refractivity contribution in [3.8, 4) is 6.07 Å². The van der Waals surface area contributed by atoms with Crippen molar-refractivity contribution in [1.29, 1.82) is 5.26 Å². The summed E-state index contributed by atoms with van der Waals surface area (Å²) in [6.45, 7) is 1.86. The SMILES string of the molecule is Cc1nc(C#N)sc1Br. The maximum Gasteiger partial charge on any atom is 0.195 e. The monoisotopic (exact) mass is 202 g/mol. The van der Waals surface area contributed by atoms with E-state index in [1.807, 2.05) is 13.0 Å². The normalized spacial score (nSPS) is 9.00. The lowest BCUT2D eigenvalue weighted by molar-refractivity contribution is 1.23. The van der Waals surface area contributed by atoms with Crippen LogP contribution >= 0.6 is 27.3 Å². The Morgan fingerprint density at radius 2 is 2.44 bits per heavy atom. The molecule has 0 saturated heterocycles. The van der Waals surface area contributed by atoms with Crippen molar-refractivity contribution in [1.82, 2.24) is 4.98 Å². The number of nitriles is 1. The molecule has 1 rings (SSSR count). The molecule has 0 aliphatic heterocycles. The van der Waals surface area contributed by atoms with E-state index in [0.29, 0.717) is 5.01 Å². The molecule has 0 aliphatic rings. The summed E-state index contributed by atoms with van der Waals surface area (Å²) in [5, 5.41) is 8.87. The topological polar surface area (TPSA) is 36.7 Å². The number of rotatable bonds is 0. The quantitative estimate of drug-likeness (QED) is 0.647. The second-order valence-corrected chi connectivity index (χ2v) is 3.81. The Morgan fingerprint density at radius 3 is 2.67 bits per heavy atom. The molecule has 1 aromatic rings. The highest BCUT2D eigenvalue weighted by Gasteiger charge is 2.01. The molecule has 0 aromatic carbocycles. The van der Waals surface area contributed by atoms with Gasteiger partial charge in [-0.3, -0.25) is 0 Å². The van der Waals surface area contributed by atoms with Gasteiger partial charge in [-0.25, -0.2) is 4.98 Å². The number of nitrogens with zero attached hydrogens (tertiary/aromatic N) is 2. The molecule has 0 atom stereocenters. The Hall–Kier alpha value is -0.400. The highest BCUT2D eigenvalue weighted by molar-refractivity contribution is 9.11. The van der Waals surface area contributed by atoms with Crippen molar-refractivity contribution in [2.75, 3.05) is 0 Å². The Balaban J connectivity index is 3.16. The van der Waals surface area contributed by atoms with Gasteiger partial charge < -0.3 is 0 Å². The highest BCUT2D eigenvalue weighted by Crippen LogP contribution is 2.22. The number of aryl methyl sites for hydroxylation is 1. The van der Waals surface area contributed by atoms with Crippen LogP contribution in [0.25, 0.3) is 0 Å². The van der Waals surface area contributed by atoms with Crippen molar-refractivity contribution in [2.24, 2.45) is 0 Å². The zero-order valence-electron chi connectivity index (χ0n) is 4.68. The van der Waals surface area contributed by atoms with E-state index in [0.717, 1.165) is 9.48 Å². The maximum absolute atomic E-state index is 8.35. The molecule has 0 N–H and O–H groups in total. The van der Waals surface area contributed by atoms with E-state index in [9.17, 15) is 0 Å². The lowest BCUT2D eigenvalue weighted by Crippen LogP contribution is -1.70. The van der Waals surface area contributed by atoms with Gasteiger partial charge in [0, 0.05) is 0 Å². The number of hydrogen-bond acceptors (Lipinski definition) is 3. The van der Waals surface area contributed by atoms with Crippen LogP contribution < -0.4 is 0 Å². The molecule has 0 fully saturated rings. The summed E-state index contributed by atoms with van der Waals surface area (Å²) in [5.74, 6) is 0. The fraction of sp³-hybridized carbons (Fsp3) is 0.200. The standard InChI is InChI=1S/C5H3BrN2S/c1-3-5(6)9-4(2-7)8-3/h1H3. The first-order chi connectivity index (χ1) is 4.24. The number of halogens is 1. The summed E-state index contributed by atoms with van der Waals surface area (Å²) in [6.07, 6.45) is 0. The zero-order chi connectivity index (χ0) is 6.85. The molecule has 9 heavy (non-hydrogen) atoms. The molecule has 2 nitrogen and oxygen atoms in total. The van der Waals surface area contributed by atoms with Crippen LogP contribution in [0.5, 0.6) is 0 Å². The van der Waals surface area contributed by atoms with Gasteiger partial charge in [0.25, 0.3) is 0 Å². The minimum atomic E-state index is 0.513. The fourth-order valence-corrected chi connectivity index (χ4v) is 1.57. The summed E-state index contributed by atoms with van der Waals surface area (Å²) in [5.41, 5.74) is 0.886. The second-order valence-electron chi connectivity index (χ2n) is 1.49. The second kappa shape index (κ2) is 2.46. The predicted octanol–water partition coefficient (Wildman–Crippen LogP) is 2.09. The Labute approximate surface area is 65.3 Å². The van der Waals surface area contributed by atoms with Crippen LogP contribution in [0.3, 0.4) is 0 Å². The third kappa shape index (κ3) is 1.29. The molecule has 0 aliphatic carbocycles. The average molecular weight is 203 g/mol. The molecule has 0 spiro atoms. The highest BCUT2D eigenvalue weighted by atomic mass is 79.9. The first-order valence-corrected chi connectivity index (χ1v) is 3.88. The molecule has 0 amide bonds. The van der Waals surface area contributed by atoms with E-state index >= 15 is 0 Å². The summed E-state index contributed by atoms with van der Waals surface area (Å²) in [7, 11) is 0. The van der Waals surface area contributed by atoms with Crippen molar-refractivity contribution in [2.45, 2.75) is 6.92 Å². The van der Waals surface area contributed by atoms with Crippen LogP contribution in [0.15, 0.2) is 3.79 Å². The van der Waals surface area contributed by atoms with Crippen LogP contribution in [0, 0.1) is 18.3 Å². The van der Waals surface area contributed by atoms with Crippen LogP contribution in [-0.4, -0.2) is 4.98 Å². The largest absolute Gasteiger partial charge is 0.230 e. The molecule has 0 bridgehead atoms. The van der Waals surface area contributed by atoms with Crippen molar-refractivity contribution < 1.29 is 0 Å². The lowest BCUT2D eigenvalue weighted by atomic mass is 10.6. The zero-order valence-corrected chi connectivity index (χ0v) is 7.08. The predicted molar refractivity (Wildman–Crippen MR) is 39.3 cm³/mol. The van der Waals surface area contributed by atoms with Crippen molar-refractivity contribution in [3.05, 3.63) is 14.5 Å². The van der Waals surface area contributed by atoms with Crippen LogP contribution in [-0.2, 0) is 0 Å². The third-order valence-corrected chi connectivity index (χ3v) is 2.75. The molecular weight excluding hydrogens is 200 g/mol. The van der Waals surface area contributed by atoms with E-state index in [-0.39, 0.29) is 0 Å². The van der Waals surface area contributed by atoms with E-state index in [1.165, 1.54) is 11.3 Å². The number of aromatic nitrogens is 1. The molecular formula is C5H3BrN2S. The lowest BCUT2D eigenvalue weighted by Gasteiger charge is -1.75. The van der Waals surface area contributed by atoms with E-state index < -0.39 is 0 Å². The van der Waals surface area contributed by atoms with Crippen LogP contribution in [0.4, 0.5) is 0 Å². The summed E-state index contributed by atoms with van der Waals surface area (Å²) < 4.78 is 0.944. The molecule has 1 heterocycles. The minimum Gasteiger partial charge on any atom is -0.230 e. The number of thiazole rings is 1. The Kier molecular flexibility index (Phi) is 1.84. The van der Waals surface area contributed by atoms with Crippen molar-refractivity contribution >= 4 is 27.3 Å². The summed E-state index contributed by atoms with van der Waals surface area (Å²) in [4.78, 5) is 3.94. The van der Waals surface area contributed by atoms with Crippen molar-refractivity contribution in [3.63, 3.8) is 0 Å². The van der Waals surface area contributed by atoms with E-state index in [4.69, 9.17) is 5.26 Å². The van der Waals surface area contributed by atoms with Gasteiger partial charge in [-0.15, -0.1) is 0 Å². The Morgan fingerprint density at radius 1 is 1.78 bits per heavy atom. The van der Waals surface area contributed by atoms with Gasteiger partial charge in [-0.2, -0.15) is 5.26 Å².